The van der Waals surface area contributed by atoms with E-state index in [0.717, 1.165) is 23.4 Å². The van der Waals surface area contributed by atoms with Crippen molar-refractivity contribution in [3.05, 3.63) is 41.6 Å². The van der Waals surface area contributed by atoms with Crippen molar-refractivity contribution in [2.75, 3.05) is 0 Å². The van der Waals surface area contributed by atoms with Crippen LogP contribution in [0.15, 0.2) is 34.9 Å². The molecule has 0 saturated carbocycles. The number of benzene rings is 1. The summed E-state index contributed by atoms with van der Waals surface area (Å²) in [7, 11) is 0. The van der Waals surface area contributed by atoms with Crippen molar-refractivity contribution in [3.8, 4) is 17.4 Å². The summed E-state index contributed by atoms with van der Waals surface area (Å²) in [5.41, 5.74) is 2.53. The quantitative estimate of drug-likeness (QED) is 0.745. The van der Waals surface area contributed by atoms with Crippen LogP contribution in [-0.2, 0) is 6.42 Å². The van der Waals surface area contributed by atoms with Crippen molar-refractivity contribution < 1.29 is 4.52 Å². The van der Waals surface area contributed by atoms with E-state index in [1.54, 1.807) is 12.1 Å². The Morgan fingerprint density at radius 3 is 2.60 bits per heavy atom. The van der Waals surface area contributed by atoms with Gasteiger partial charge in [0.1, 0.15) is 0 Å². The summed E-state index contributed by atoms with van der Waals surface area (Å²) in [4.78, 5) is 0. The minimum atomic E-state index is 0.647. The van der Waals surface area contributed by atoms with Gasteiger partial charge in [-0.2, -0.15) is 5.26 Å². The van der Waals surface area contributed by atoms with Gasteiger partial charge in [0.15, 0.2) is 5.76 Å². The van der Waals surface area contributed by atoms with Gasteiger partial charge in [-0.3, -0.25) is 0 Å². The lowest BCUT2D eigenvalue weighted by molar-refractivity contribution is 0.424. The zero-order valence-corrected chi connectivity index (χ0v) is 8.40. The highest BCUT2D eigenvalue weighted by molar-refractivity contribution is 5.58. The zero-order chi connectivity index (χ0) is 10.7. The van der Waals surface area contributed by atoms with Gasteiger partial charge in [-0.1, -0.05) is 12.1 Å². The summed E-state index contributed by atoms with van der Waals surface area (Å²) in [6, 6.07) is 11.2. The van der Waals surface area contributed by atoms with E-state index in [-0.39, 0.29) is 0 Å². The molecular weight excluding hydrogens is 188 g/mol. The topological polar surface area (TPSA) is 49.8 Å². The van der Waals surface area contributed by atoms with Gasteiger partial charge < -0.3 is 4.52 Å². The highest BCUT2D eigenvalue weighted by Crippen LogP contribution is 2.20. The number of nitriles is 1. The monoisotopic (exact) mass is 198 g/mol. The zero-order valence-electron chi connectivity index (χ0n) is 8.40. The number of rotatable bonds is 2. The van der Waals surface area contributed by atoms with Crippen molar-refractivity contribution in [3.63, 3.8) is 0 Å². The predicted octanol–water partition coefficient (Wildman–Crippen LogP) is 2.78. The Bertz CT molecular complexity index is 491. The summed E-state index contributed by atoms with van der Waals surface area (Å²) in [5.74, 6) is 0.747. The van der Waals surface area contributed by atoms with Crippen molar-refractivity contribution in [2.24, 2.45) is 0 Å². The third-order valence-corrected chi connectivity index (χ3v) is 2.22. The van der Waals surface area contributed by atoms with E-state index in [1.807, 2.05) is 25.1 Å². The summed E-state index contributed by atoms with van der Waals surface area (Å²) < 4.78 is 5.18. The van der Waals surface area contributed by atoms with E-state index in [2.05, 4.69) is 11.2 Å². The lowest BCUT2D eigenvalue weighted by Gasteiger charge is -1.93. The van der Waals surface area contributed by atoms with Crippen LogP contribution in [0.4, 0.5) is 0 Å². The lowest BCUT2D eigenvalue weighted by Crippen LogP contribution is -1.76. The first kappa shape index (κ1) is 9.47. The predicted molar refractivity (Wildman–Crippen MR) is 56.0 cm³/mol. The van der Waals surface area contributed by atoms with Gasteiger partial charge in [0.2, 0.25) is 0 Å². The molecule has 0 amide bonds. The fourth-order valence-electron chi connectivity index (χ4n) is 1.32. The third kappa shape index (κ3) is 1.89. The molecule has 0 bridgehead atoms. The van der Waals surface area contributed by atoms with E-state index in [9.17, 15) is 0 Å². The van der Waals surface area contributed by atoms with E-state index in [4.69, 9.17) is 9.78 Å². The van der Waals surface area contributed by atoms with Gasteiger partial charge in [-0.15, -0.1) is 0 Å². The Morgan fingerprint density at radius 1 is 1.33 bits per heavy atom. The molecule has 0 fully saturated rings. The Hall–Kier alpha value is -2.08. The highest BCUT2D eigenvalue weighted by Gasteiger charge is 2.04. The van der Waals surface area contributed by atoms with Gasteiger partial charge in [0.25, 0.3) is 0 Å². The fourth-order valence-corrected chi connectivity index (χ4v) is 1.32. The molecule has 1 aromatic carbocycles. The van der Waals surface area contributed by atoms with Crippen LogP contribution in [0.5, 0.6) is 0 Å². The third-order valence-electron chi connectivity index (χ3n) is 2.22. The van der Waals surface area contributed by atoms with Crippen molar-refractivity contribution in [1.29, 1.82) is 5.26 Å². The molecule has 0 radical (unpaired) electrons. The number of nitrogens with zero attached hydrogens (tertiary/aromatic N) is 2. The minimum Gasteiger partial charge on any atom is -0.356 e. The van der Waals surface area contributed by atoms with Gasteiger partial charge in [-0.05, 0) is 30.7 Å². The number of aromatic nitrogens is 1. The molecule has 0 aliphatic rings. The molecule has 1 heterocycles. The first-order valence-corrected chi connectivity index (χ1v) is 4.79. The molecule has 0 N–H and O–H groups in total. The molecular formula is C12H10N2O. The Kier molecular flexibility index (Phi) is 2.51. The van der Waals surface area contributed by atoms with Crippen LogP contribution in [0.1, 0.15) is 18.2 Å². The van der Waals surface area contributed by atoms with Crippen LogP contribution in [0.2, 0.25) is 0 Å². The van der Waals surface area contributed by atoms with E-state index < -0.39 is 0 Å². The normalized spacial score (nSPS) is 9.87. The first-order valence-electron chi connectivity index (χ1n) is 4.79. The maximum atomic E-state index is 8.66. The second-order valence-corrected chi connectivity index (χ2v) is 3.23. The van der Waals surface area contributed by atoms with Crippen LogP contribution in [0.3, 0.4) is 0 Å². The smallest absolute Gasteiger partial charge is 0.167 e. The molecule has 0 atom stereocenters. The standard InChI is InChI=1S/C12H10N2O/c1-2-11-7-12(15-14-11)10-5-3-9(8-13)4-6-10/h3-7H,2H2,1H3. The molecule has 0 aliphatic heterocycles. The number of hydrogen-bond acceptors (Lipinski definition) is 3. The molecule has 15 heavy (non-hydrogen) atoms. The van der Waals surface area contributed by atoms with E-state index >= 15 is 0 Å². The summed E-state index contributed by atoms with van der Waals surface area (Å²) >= 11 is 0. The summed E-state index contributed by atoms with van der Waals surface area (Å²) in [5, 5.41) is 12.6. The molecule has 0 aliphatic carbocycles. The molecule has 3 nitrogen and oxygen atoms in total. The molecule has 0 saturated heterocycles. The molecule has 74 valence electrons. The number of aryl methyl sites for hydroxylation is 1. The lowest BCUT2D eigenvalue weighted by atomic mass is 10.1. The van der Waals surface area contributed by atoms with Gasteiger partial charge >= 0.3 is 0 Å². The molecule has 3 heteroatoms. The van der Waals surface area contributed by atoms with Crippen LogP contribution in [0, 0.1) is 11.3 Å². The van der Waals surface area contributed by atoms with Crippen LogP contribution in [0.25, 0.3) is 11.3 Å². The number of hydrogen-bond donors (Lipinski definition) is 0. The second kappa shape index (κ2) is 3.97. The van der Waals surface area contributed by atoms with Gasteiger partial charge in [-0.25, -0.2) is 0 Å². The summed E-state index contributed by atoms with van der Waals surface area (Å²) in [6.45, 7) is 2.03. The molecule has 0 spiro atoms. The molecule has 2 rings (SSSR count). The van der Waals surface area contributed by atoms with Crippen LogP contribution in [-0.4, -0.2) is 5.16 Å². The van der Waals surface area contributed by atoms with Crippen molar-refractivity contribution in [1.82, 2.24) is 5.16 Å². The Balaban J connectivity index is 2.33. The molecule has 2 aromatic rings. The maximum Gasteiger partial charge on any atom is 0.167 e. The average Bonchev–Trinajstić information content (AvgIpc) is 2.78. The van der Waals surface area contributed by atoms with Crippen LogP contribution >= 0.6 is 0 Å². The fraction of sp³-hybridized carbons (Fsp3) is 0.167. The van der Waals surface area contributed by atoms with Gasteiger partial charge in [0, 0.05) is 11.6 Å². The summed E-state index contributed by atoms with van der Waals surface area (Å²) in [6.07, 6.45) is 0.861. The second-order valence-electron chi connectivity index (χ2n) is 3.23. The molecule has 1 aromatic heterocycles. The van der Waals surface area contributed by atoms with Gasteiger partial charge in [0.05, 0.1) is 17.3 Å². The average molecular weight is 198 g/mol. The van der Waals surface area contributed by atoms with E-state index in [0.29, 0.717) is 5.56 Å². The Labute approximate surface area is 87.9 Å². The largest absolute Gasteiger partial charge is 0.356 e. The minimum absolute atomic E-state index is 0.647. The highest BCUT2D eigenvalue weighted by atomic mass is 16.5. The van der Waals surface area contributed by atoms with Crippen molar-refractivity contribution >= 4 is 0 Å². The van der Waals surface area contributed by atoms with E-state index in [1.165, 1.54) is 0 Å². The van der Waals surface area contributed by atoms with Crippen LogP contribution < -0.4 is 0 Å². The van der Waals surface area contributed by atoms with Crippen molar-refractivity contribution in [2.45, 2.75) is 13.3 Å². The first-order chi connectivity index (χ1) is 7.33. The maximum absolute atomic E-state index is 8.66. The molecule has 0 unspecified atom stereocenters. The SMILES string of the molecule is CCc1cc(-c2ccc(C#N)cc2)on1. The Morgan fingerprint density at radius 2 is 2.07 bits per heavy atom.